The smallest absolute Gasteiger partial charge is 0.271 e. The number of sulfonamides is 1. The van der Waals surface area contributed by atoms with Gasteiger partial charge in [0.1, 0.15) is 4.21 Å². The molecule has 1 heterocycles. The van der Waals surface area contributed by atoms with Crippen LogP contribution < -0.4 is 10.5 Å². The lowest BCUT2D eigenvalue weighted by Gasteiger charge is -2.08. The van der Waals surface area contributed by atoms with Gasteiger partial charge in [-0.2, -0.15) is 0 Å². The Hall–Kier alpha value is -1.05. The Morgan fingerprint density at radius 2 is 2.00 bits per heavy atom. The van der Waals surface area contributed by atoms with Gasteiger partial charge in [0.15, 0.2) is 0 Å². The van der Waals surface area contributed by atoms with Gasteiger partial charge in [0.05, 0.1) is 9.47 Å². The summed E-state index contributed by atoms with van der Waals surface area (Å²) in [6, 6.07) is 8.32. The van der Waals surface area contributed by atoms with Gasteiger partial charge in [0, 0.05) is 5.69 Å². The second-order valence-electron chi connectivity index (χ2n) is 3.74. The van der Waals surface area contributed by atoms with Crippen molar-refractivity contribution in [2.75, 3.05) is 10.5 Å². The molecule has 1 aromatic heterocycles. The van der Waals surface area contributed by atoms with Crippen molar-refractivity contribution >= 4 is 48.7 Å². The minimum absolute atomic E-state index is 0.258. The summed E-state index contributed by atoms with van der Waals surface area (Å²) in [6.07, 6.45) is 0. The van der Waals surface area contributed by atoms with Crippen LogP contribution in [0.2, 0.25) is 0 Å². The van der Waals surface area contributed by atoms with Gasteiger partial charge in [-0.15, -0.1) is 11.3 Å². The molecule has 0 saturated heterocycles. The number of rotatable bonds is 3. The number of nitrogens with two attached hydrogens (primary N) is 1. The molecule has 0 unspecified atom stereocenters. The number of aryl methyl sites for hydroxylation is 1. The van der Waals surface area contributed by atoms with E-state index in [1.54, 1.807) is 30.3 Å². The molecule has 0 aliphatic carbocycles. The molecule has 2 rings (SSSR count). The number of nitrogen functional groups attached to an aromatic ring is 1. The average molecular weight is 347 g/mol. The summed E-state index contributed by atoms with van der Waals surface area (Å²) < 4.78 is 27.6. The molecule has 18 heavy (non-hydrogen) atoms. The molecule has 4 nitrogen and oxygen atoms in total. The third-order valence-electron chi connectivity index (χ3n) is 2.34. The van der Waals surface area contributed by atoms with Crippen LogP contribution in [0, 0.1) is 6.92 Å². The Kier molecular flexibility index (Phi) is 3.65. The molecule has 0 aliphatic heterocycles. The van der Waals surface area contributed by atoms with Crippen molar-refractivity contribution in [3.8, 4) is 0 Å². The largest absolute Gasteiger partial charge is 0.398 e. The van der Waals surface area contributed by atoms with E-state index in [9.17, 15) is 8.42 Å². The minimum Gasteiger partial charge on any atom is -0.398 e. The first-order valence-corrected chi connectivity index (χ1v) is 8.12. The maximum Gasteiger partial charge on any atom is 0.271 e. The van der Waals surface area contributed by atoms with Crippen LogP contribution in [-0.2, 0) is 10.0 Å². The van der Waals surface area contributed by atoms with Crippen LogP contribution in [0.15, 0.2) is 38.3 Å². The number of benzene rings is 1. The zero-order valence-corrected chi connectivity index (χ0v) is 12.7. The normalized spacial score (nSPS) is 11.4. The van der Waals surface area contributed by atoms with Crippen LogP contribution in [0.1, 0.15) is 5.56 Å². The molecular formula is C11H11BrN2O2S2. The van der Waals surface area contributed by atoms with E-state index >= 15 is 0 Å². The predicted octanol–water partition coefficient (Wildman–Crippen LogP) is 3.20. The Labute approximate surface area is 118 Å². The number of hydrogen-bond donors (Lipinski definition) is 2. The molecule has 0 amide bonds. The van der Waals surface area contributed by atoms with Gasteiger partial charge in [-0.05, 0) is 52.7 Å². The summed E-state index contributed by atoms with van der Waals surface area (Å²) in [5, 5.41) is 0. The van der Waals surface area contributed by atoms with Gasteiger partial charge in [-0.3, -0.25) is 4.72 Å². The number of nitrogens with one attached hydrogen (secondary N) is 1. The highest BCUT2D eigenvalue weighted by molar-refractivity contribution is 9.11. The molecule has 3 N–H and O–H groups in total. The monoisotopic (exact) mass is 346 g/mol. The van der Waals surface area contributed by atoms with Crippen LogP contribution in [0.3, 0.4) is 0 Å². The fourth-order valence-electron chi connectivity index (χ4n) is 1.35. The van der Waals surface area contributed by atoms with Crippen molar-refractivity contribution in [3.63, 3.8) is 0 Å². The third kappa shape index (κ3) is 2.85. The molecule has 1 aromatic carbocycles. The second-order valence-corrected chi connectivity index (χ2v) is 8.11. The van der Waals surface area contributed by atoms with Crippen molar-refractivity contribution in [2.24, 2.45) is 0 Å². The lowest BCUT2D eigenvalue weighted by Crippen LogP contribution is -2.11. The van der Waals surface area contributed by atoms with Crippen molar-refractivity contribution in [1.29, 1.82) is 0 Å². The highest BCUT2D eigenvalue weighted by atomic mass is 79.9. The van der Waals surface area contributed by atoms with E-state index in [1.807, 2.05) is 6.92 Å². The minimum atomic E-state index is -3.54. The van der Waals surface area contributed by atoms with Crippen LogP contribution in [0.4, 0.5) is 11.4 Å². The maximum absolute atomic E-state index is 12.0. The van der Waals surface area contributed by atoms with Gasteiger partial charge >= 0.3 is 0 Å². The summed E-state index contributed by atoms with van der Waals surface area (Å²) in [6.45, 7) is 1.87. The Morgan fingerprint density at radius 1 is 1.28 bits per heavy atom. The van der Waals surface area contributed by atoms with Crippen LogP contribution >= 0.6 is 27.3 Å². The van der Waals surface area contributed by atoms with Crippen molar-refractivity contribution in [2.45, 2.75) is 11.1 Å². The van der Waals surface area contributed by atoms with Crippen LogP contribution in [0.5, 0.6) is 0 Å². The summed E-state index contributed by atoms with van der Waals surface area (Å²) >= 11 is 4.39. The van der Waals surface area contributed by atoms with E-state index in [-0.39, 0.29) is 4.21 Å². The number of halogens is 1. The standard InChI is InChI=1S/C11H11BrN2O2S2/c1-7-2-3-8(6-9(7)13)14-18(15,16)11-5-4-10(12)17-11/h2-6,14H,13H2,1H3. The molecular weight excluding hydrogens is 336 g/mol. The van der Waals surface area contributed by atoms with E-state index in [4.69, 9.17) is 5.73 Å². The fourth-order valence-corrected chi connectivity index (χ4v) is 4.41. The van der Waals surface area contributed by atoms with Gasteiger partial charge in [-0.1, -0.05) is 6.07 Å². The van der Waals surface area contributed by atoms with Crippen molar-refractivity contribution < 1.29 is 8.42 Å². The van der Waals surface area contributed by atoms with E-state index in [1.165, 1.54) is 0 Å². The molecule has 7 heteroatoms. The molecule has 0 spiro atoms. The average Bonchev–Trinajstić information content (AvgIpc) is 2.71. The van der Waals surface area contributed by atoms with E-state index in [0.717, 1.165) is 20.7 Å². The summed E-state index contributed by atoms with van der Waals surface area (Å²) in [4.78, 5) is 0. The third-order valence-corrected chi connectivity index (χ3v) is 5.84. The number of anilines is 2. The van der Waals surface area contributed by atoms with Crippen molar-refractivity contribution in [3.05, 3.63) is 39.7 Å². The molecule has 0 aliphatic rings. The number of hydrogen-bond acceptors (Lipinski definition) is 4. The van der Waals surface area contributed by atoms with Crippen molar-refractivity contribution in [1.82, 2.24) is 0 Å². The molecule has 0 bridgehead atoms. The van der Waals surface area contributed by atoms with Gasteiger partial charge < -0.3 is 5.73 Å². The molecule has 96 valence electrons. The first kappa shape index (κ1) is 13.4. The van der Waals surface area contributed by atoms with Crippen LogP contribution in [-0.4, -0.2) is 8.42 Å². The molecule has 2 aromatic rings. The van der Waals surface area contributed by atoms with Gasteiger partial charge in [-0.25, -0.2) is 8.42 Å². The Balaban J connectivity index is 2.30. The predicted molar refractivity (Wildman–Crippen MR) is 78.4 cm³/mol. The fraction of sp³-hybridized carbons (Fsp3) is 0.0909. The lowest BCUT2D eigenvalue weighted by atomic mass is 10.2. The second kappa shape index (κ2) is 4.91. The topological polar surface area (TPSA) is 72.2 Å². The molecule has 0 atom stereocenters. The highest BCUT2D eigenvalue weighted by Gasteiger charge is 2.16. The van der Waals surface area contributed by atoms with Gasteiger partial charge in [0.25, 0.3) is 10.0 Å². The quantitative estimate of drug-likeness (QED) is 0.838. The lowest BCUT2D eigenvalue weighted by molar-refractivity contribution is 0.603. The molecule has 0 saturated carbocycles. The number of thiophene rings is 1. The summed E-state index contributed by atoms with van der Waals surface area (Å²) in [5.41, 5.74) is 7.67. The molecule has 0 radical (unpaired) electrons. The van der Waals surface area contributed by atoms with Crippen LogP contribution in [0.25, 0.3) is 0 Å². The zero-order chi connectivity index (χ0) is 13.3. The van der Waals surface area contributed by atoms with Gasteiger partial charge in [0.2, 0.25) is 0 Å². The Bertz CT molecular complexity index is 680. The van der Waals surface area contributed by atoms with E-state index in [0.29, 0.717) is 11.4 Å². The van der Waals surface area contributed by atoms with E-state index < -0.39 is 10.0 Å². The summed E-state index contributed by atoms with van der Waals surface area (Å²) in [7, 11) is -3.54. The first-order chi connectivity index (χ1) is 8.38. The SMILES string of the molecule is Cc1ccc(NS(=O)(=O)c2ccc(Br)s2)cc1N. The maximum atomic E-state index is 12.0. The zero-order valence-electron chi connectivity index (χ0n) is 9.48. The first-order valence-electron chi connectivity index (χ1n) is 5.03. The molecule has 0 fully saturated rings. The summed E-state index contributed by atoms with van der Waals surface area (Å²) in [5.74, 6) is 0. The van der Waals surface area contributed by atoms with E-state index in [2.05, 4.69) is 20.7 Å². The Morgan fingerprint density at radius 3 is 2.56 bits per heavy atom. The highest BCUT2D eigenvalue weighted by Crippen LogP contribution is 2.28.